The first-order valence-electron chi connectivity index (χ1n) is 4.10. The van der Waals surface area contributed by atoms with Gasteiger partial charge in [0.25, 0.3) is 0 Å². The minimum Gasteiger partial charge on any atom is -0.506 e. The van der Waals surface area contributed by atoms with Gasteiger partial charge in [0, 0.05) is 5.56 Å². The van der Waals surface area contributed by atoms with Crippen LogP contribution < -0.4 is 5.73 Å². The summed E-state index contributed by atoms with van der Waals surface area (Å²) in [6, 6.07) is 1.80. The van der Waals surface area contributed by atoms with Gasteiger partial charge >= 0.3 is 5.97 Å². The van der Waals surface area contributed by atoms with Crippen LogP contribution in [0.3, 0.4) is 0 Å². The molecule has 7 heteroatoms. The number of phenolic OH excluding ortho intramolecular Hbond substituents is 1. The SMILES string of the molecule is Cl.N[C@H](CO)c1c(C(=O)O)ccc(Br)c1O. The van der Waals surface area contributed by atoms with E-state index in [-0.39, 0.29) is 29.3 Å². The average molecular weight is 313 g/mol. The van der Waals surface area contributed by atoms with Gasteiger partial charge in [-0.25, -0.2) is 4.79 Å². The number of aliphatic hydroxyl groups excluding tert-OH is 1. The maximum Gasteiger partial charge on any atom is 0.336 e. The van der Waals surface area contributed by atoms with Crippen molar-refractivity contribution >= 4 is 34.3 Å². The minimum atomic E-state index is -1.20. The van der Waals surface area contributed by atoms with E-state index in [1.807, 2.05) is 0 Å². The molecule has 0 aromatic heterocycles. The number of aromatic hydroxyl groups is 1. The van der Waals surface area contributed by atoms with E-state index in [9.17, 15) is 9.90 Å². The van der Waals surface area contributed by atoms with E-state index in [2.05, 4.69) is 15.9 Å². The smallest absolute Gasteiger partial charge is 0.336 e. The molecule has 0 heterocycles. The molecule has 1 atom stereocenters. The van der Waals surface area contributed by atoms with Gasteiger partial charge in [0.2, 0.25) is 0 Å². The van der Waals surface area contributed by atoms with Gasteiger partial charge in [0.15, 0.2) is 0 Å². The molecule has 0 aliphatic rings. The predicted octanol–water partition coefficient (Wildman–Crippen LogP) is 1.27. The fourth-order valence-corrected chi connectivity index (χ4v) is 1.58. The van der Waals surface area contributed by atoms with Crippen LogP contribution >= 0.6 is 28.3 Å². The first kappa shape index (κ1) is 15.2. The highest BCUT2D eigenvalue weighted by atomic mass is 79.9. The summed E-state index contributed by atoms with van der Waals surface area (Å²) in [5, 5.41) is 27.4. The lowest BCUT2D eigenvalue weighted by atomic mass is 10.0. The molecule has 0 unspecified atom stereocenters. The van der Waals surface area contributed by atoms with E-state index >= 15 is 0 Å². The van der Waals surface area contributed by atoms with Crippen LogP contribution in [0.25, 0.3) is 0 Å². The molecular formula is C9H11BrClNO4. The summed E-state index contributed by atoms with van der Waals surface area (Å²) < 4.78 is 0.339. The third kappa shape index (κ3) is 2.85. The van der Waals surface area contributed by atoms with Crippen molar-refractivity contribution in [1.82, 2.24) is 0 Å². The highest BCUT2D eigenvalue weighted by Gasteiger charge is 2.21. The van der Waals surface area contributed by atoms with Crippen molar-refractivity contribution in [1.29, 1.82) is 0 Å². The lowest BCUT2D eigenvalue weighted by Gasteiger charge is -2.14. The lowest BCUT2D eigenvalue weighted by Crippen LogP contribution is -2.18. The van der Waals surface area contributed by atoms with Crippen molar-refractivity contribution in [3.63, 3.8) is 0 Å². The Morgan fingerprint density at radius 2 is 2.06 bits per heavy atom. The van der Waals surface area contributed by atoms with Crippen LogP contribution in [-0.2, 0) is 0 Å². The number of carboxylic acids is 1. The number of aromatic carboxylic acids is 1. The zero-order chi connectivity index (χ0) is 11.6. The summed E-state index contributed by atoms with van der Waals surface area (Å²) in [7, 11) is 0. The molecule has 5 N–H and O–H groups in total. The molecule has 5 nitrogen and oxygen atoms in total. The van der Waals surface area contributed by atoms with E-state index in [0.717, 1.165) is 0 Å². The Balaban J connectivity index is 0.00000225. The van der Waals surface area contributed by atoms with Crippen LogP contribution in [0.2, 0.25) is 0 Å². The summed E-state index contributed by atoms with van der Waals surface area (Å²) >= 11 is 3.05. The second kappa shape index (κ2) is 6.05. The van der Waals surface area contributed by atoms with Gasteiger partial charge in [-0.15, -0.1) is 12.4 Å². The Morgan fingerprint density at radius 1 is 1.50 bits per heavy atom. The number of aliphatic hydroxyl groups is 1. The monoisotopic (exact) mass is 311 g/mol. The van der Waals surface area contributed by atoms with Crippen LogP contribution in [0.15, 0.2) is 16.6 Å². The van der Waals surface area contributed by atoms with Gasteiger partial charge < -0.3 is 21.1 Å². The van der Waals surface area contributed by atoms with Gasteiger partial charge in [-0.05, 0) is 28.1 Å². The van der Waals surface area contributed by atoms with Gasteiger partial charge in [0.1, 0.15) is 5.75 Å². The van der Waals surface area contributed by atoms with Crippen LogP contribution in [-0.4, -0.2) is 27.9 Å². The molecule has 0 fully saturated rings. The first-order valence-corrected chi connectivity index (χ1v) is 4.89. The zero-order valence-electron chi connectivity index (χ0n) is 8.05. The quantitative estimate of drug-likeness (QED) is 0.673. The minimum absolute atomic E-state index is 0. The molecule has 0 bridgehead atoms. The number of halogens is 2. The lowest BCUT2D eigenvalue weighted by molar-refractivity contribution is 0.0694. The number of nitrogens with two attached hydrogens (primary N) is 1. The zero-order valence-corrected chi connectivity index (χ0v) is 10.5. The highest BCUT2D eigenvalue weighted by Crippen LogP contribution is 2.33. The average Bonchev–Trinajstić information content (AvgIpc) is 2.20. The number of carboxylic acid groups (broad SMARTS) is 1. The van der Waals surface area contributed by atoms with Crippen molar-refractivity contribution in [2.24, 2.45) is 5.73 Å². The summed E-state index contributed by atoms with van der Waals surface area (Å²) in [6.07, 6.45) is 0. The highest BCUT2D eigenvalue weighted by molar-refractivity contribution is 9.10. The number of benzene rings is 1. The molecule has 1 aromatic carbocycles. The maximum absolute atomic E-state index is 10.8. The van der Waals surface area contributed by atoms with E-state index < -0.39 is 18.6 Å². The van der Waals surface area contributed by atoms with Gasteiger partial charge in [-0.1, -0.05) is 0 Å². The van der Waals surface area contributed by atoms with E-state index in [0.29, 0.717) is 4.47 Å². The summed E-state index contributed by atoms with van der Waals surface area (Å²) in [5.41, 5.74) is 5.42. The van der Waals surface area contributed by atoms with Crippen molar-refractivity contribution in [3.05, 3.63) is 27.7 Å². The fourth-order valence-electron chi connectivity index (χ4n) is 1.23. The van der Waals surface area contributed by atoms with Gasteiger partial charge in [-0.3, -0.25) is 0 Å². The number of hydrogen-bond acceptors (Lipinski definition) is 4. The van der Waals surface area contributed by atoms with Gasteiger partial charge in [-0.2, -0.15) is 0 Å². The number of carbonyl (C=O) groups is 1. The molecule has 1 rings (SSSR count). The standard InChI is InChI=1S/C9H10BrNO4.ClH/c10-5-2-1-4(9(14)15)7(8(5)13)6(11)3-12;/h1-2,6,12-13H,3,11H2,(H,14,15);1H/t6-;/m1./s1. The van der Waals surface area contributed by atoms with Crippen molar-refractivity contribution in [3.8, 4) is 5.75 Å². The molecule has 0 spiro atoms. The third-order valence-corrected chi connectivity index (χ3v) is 2.61. The Hall–Kier alpha value is -0.820. The largest absolute Gasteiger partial charge is 0.506 e. The second-order valence-corrected chi connectivity index (χ2v) is 3.81. The maximum atomic E-state index is 10.8. The van der Waals surface area contributed by atoms with E-state index in [1.165, 1.54) is 12.1 Å². The summed E-state index contributed by atoms with van der Waals surface area (Å²) in [5.74, 6) is -1.45. The molecule has 0 amide bonds. The van der Waals surface area contributed by atoms with Crippen LogP contribution in [0, 0.1) is 0 Å². The molecule has 16 heavy (non-hydrogen) atoms. The second-order valence-electron chi connectivity index (χ2n) is 2.95. The molecule has 90 valence electrons. The van der Waals surface area contributed by atoms with Crippen molar-refractivity contribution in [2.45, 2.75) is 6.04 Å². The molecular weight excluding hydrogens is 301 g/mol. The summed E-state index contributed by atoms with van der Waals surface area (Å²) in [6.45, 7) is -0.440. The Labute approximate surface area is 106 Å². The van der Waals surface area contributed by atoms with E-state index in [1.54, 1.807) is 0 Å². The Morgan fingerprint density at radius 3 is 2.50 bits per heavy atom. The molecule has 0 aliphatic carbocycles. The van der Waals surface area contributed by atoms with Crippen molar-refractivity contribution in [2.75, 3.05) is 6.61 Å². The Kier molecular flexibility index (Phi) is 5.74. The summed E-state index contributed by atoms with van der Waals surface area (Å²) in [4.78, 5) is 10.8. The van der Waals surface area contributed by atoms with Gasteiger partial charge in [0.05, 0.1) is 22.7 Å². The van der Waals surface area contributed by atoms with Crippen LogP contribution in [0.4, 0.5) is 0 Å². The topological polar surface area (TPSA) is 104 Å². The van der Waals surface area contributed by atoms with Crippen LogP contribution in [0.1, 0.15) is 22.0 Å². The normalized spacial score (nSPS) is 11.7. The van der Waals surface area contributed by atoms with E-state index in [4.69, 9.17) is 15.9 Å². The predicted molar refractivity (Wildman–Crippen MR) is 64.0 cm³/mol. The van der Waals surface area contributed by atoms with Crippen LogP contribution in [0.5, 0.6) is 5.75 Å². The fraction of sp³-hybridized carbons (Fsp3) is 0.222. The molecule has 0 saturated heterocycles. The van der Waals surface area contributed by atoms with Crippen molar-refractivity contribution < 1.29 is 20.1 Å². The third-order valence-electron chi connectivity index (χ3n) is 1.97. The number of hydrogen-bond donors (Lipinski definition) is 4. The molecule has 0 radical (unpaired) electrons. The number of phenols is 1. The Bertz CT molecular complexity index is 399. The molecule has 0 saturated carbocycles. The number of rotatable bonds is 3. The molecule has 0 aliphatic heterocycles. The molecule has 1 aromatic rings. The first-order chi connectivity index (χ1) is 6.99.